The standard InChI is InChI=1S/C15H19NOS/c1-11-14(9-16-12-5-4-8-18-10-12)13-6-2-3-7-15(13)17-11/h2-3,6-7,12,16H,4-5,8-10H2,1H3. The van der Waals surface area contributed by atoms with E-state index in [1.807, 2.05) is 12.1 Å². The fourth-order valence-corrected chi connectivity index (χ4v) is 3.70. The molecule has 1 saturated heterocycles. The quantitative estimate of drug-likeness (QED) is 0.911. The van der Waals surface area contributed by atoms with E-state index in [1.54, 1.807) is 0 Å². The Hall–Kier alpha value is -0.930. The lowest BCUT2D eigenvalue weighted by molar-refractivity contribution is 0.500. The van der Waals surface area contributed by atoms with Crippen molar-refractivity contribution >= 4 is 22.7 Å². The first-order valence-electron chi connectivity index (χ1n) is 6.63. The zero-order valence-corrected chi connectivity index (χ0v) is 11.6. The Morgan fingerprint density at radius 2 is 2.28 bits per heavy atom. The van der Waals surface area contributed by atoms with Gasteiger partial charge in [-0.2, -0.15) is 11.8 Å². The number of hydrogen-bond donors (Lipinski definition) is 1. The van der Waals surface area contributed by atoms with E-state index in [4.69, 9.17) is 4.42 Å². The van der Waals surface area contributed by atoms with Gasteiger partial charge in [0.15, 0.2) is 0 Å². The Morgan fingerprint density at radius 3 is 3.11 bits per heavy atom. The largest absolute Gasteiger partial charge is 0.461 e. The molecule has 0 amide bonds. The van der Waals surface area contributed by atoms with Crippen molar-refractivity contribution < 1.29 is 4.42 Å². The molecular weight excluding hydrogens is 242 g/mol. The molecule has 0 radical (unpaired) electrons. The summed E-state index contributed by atoms with van der Waals surface area (Å²) in [6, 6.07) is 8.97. The maximum absolute atomic E-state index is 5.79. The summed E-state index contributed by atoms with van der Waals surface area (Å²) in [6.45, 7) is 2.99. The third kappa shape index (κ3) is 2.43. The van der Waals surface area contributed by atoms with Gasteiger partial charge < -0.3 is 9.73 Å². The number of para-hydroxylation sites is 1. The van der Waals surface area contributed by atoms with Crippen LogP contribution < -0.4 is 5.32 Å². The topological polar surface area (TPSA) is 25.2 Å². The molecule has 2 heterocycles. The summed E-state index contributed by atoms with van der Waals surface area (Å²) in [4.78, 5) is 0. The van der Waals surface area contributed by atoms with E-state index in [9.17, 15) is 0 Å². The van der Waals surface area contributed by atoms with Gasteiger partial charge in [0.05, 0.1) is 0 Å². The maximum Gasteiger partial charge on any atom is 0.134 e. The van der Waals surface area contributed by atoms with E-state index in [0.29, 0.717) is 6.04 Å². The molecule has 1 fully saturated rings. The van der Waals surface area contributed by atoms with Crippen molar-refractivity contribution in [3.63, 3.8) is 0 Å². The highest BCUT2D eigenvalue weighted by atomic mass is 32.2. The lowest BCUT2D eigenvalue weighted by Crippen LogP contribution is -2.33. The lowest BCUT2D eigenvalue weighted by atomic mass is 10.1. The molecule has 1 atom stereocenters. The molecule has 1 N–H and O–H groups in total. The predicted molar refractivity (Wildman–Crippen MR) is 78.1 cm³/mol. The van der Waals surface area contributed by atoms with Gasteiger partial charge in [-0.25, -0.2) is 0 Å². The first-order valence-corrected chi connectivity index (χ1v) is 7.78. The fraction of sp³-hybridized carbons (Fsp3) is 0.467. The Morgan fingerprint density at radius 1 is 1.39 bits per heavy atom. The number of fused-ring (bicyclic) bond motifs is 1. The summed E-state index contributed by atoms with van der Waals surface area (Å²) < 4.78 is 5.79. The number of hydrogen-bond acceptors (Lipinski definition) is 3. The lowest BCUT2D eigenvalue weighted by Gasteiger charge is -2.22. The normalized spacial score (nSPS) is 20.4. The minimum atomic E-state index is 0.664. The molecule has 3 heteroatoms. The van der Waals surface area contributed by atoms with Gasteiger partial charge in [-0.1, -0.05) is 18.2 Å². The van der Waals surface area contributed by atoms with E-state index < -0.39 is 0 Å². The van der Waals surface area contributed by atoms with E-state index >= 15 is 0 Å². The second-order valence-electron chi connectivity index (χ2n) is 4.93. The number of nitrogens with one attached hydrogen (secondary N) is 1. The molecular formula is C15H19NOS. The fourth-order valence-electron chi connectivity index (χ4n) is 2.59. The van der Waals surface area contributed by atoms with Crippen molar-refractivity contribution in [1.29, 1.82) is 0 Å². The summed E-state index contributed by atoms with van der Waals surface area (Å²) in [5.41, 5.74) is 2.32. The minimum absolute atomic E-state index is 0.664. The maximum atomic E-state index is 5.79. The van der Waals surface area contributed by atoms with Crippen LogP contribution >= 0.6 is 11.8 Å². The molecule has 0 bridgehead atoms. The average molecular weight is 261 g/mol. The van der Waals surface area contributed by atoms with E-state index in [-0.39, 0.29) is 0 Å². The van der Waals surface area contributed by atoms with Crippen molar-refractivity contribution in [2.45, 2.75) is 32.4 Å². The van der Waals surface area contributed by atoms with Crippen LogP contribution in [0.25, 0.3) is 11.0 Å². The van der Waals surface area contributed by atoms with Crippen molar-refractivity contribution in [3.05, 3.63) is 35.6 Å². The second-order valence-corrected chi connectivity index (χ2v) is 6.08. The summed E-state index contributed by atoms with van der Waals surface area (Å²) in [7, 11) is 0. The molecule has 1 aliphatic rings. The third-order valence-electron chi connectivity index (χ3n) is 3.63. The molecule has 18 heavy (non-hydrogen) atoms. The first-order chi connectivity index (χ1) is 8.84. The van der Waals surface area contributed by atoms with Crippen LogP contribution in [-0.2, 0) is 6.54 Å². The molecule has 0 saturated carbocycles. The molecule has 0 spiro atoms. The van der Waals surface area contributed by atoms with Gasteiger partial charge in [-0.05, 0) is 31.6 Å². The number of aryl methyl sites for hydroxylation is 1. The minimum Gasteiger partial charge on any atom is -0.461 e. The molecule has 3 rings (SSSR count). The third-order valence-corrected chi connectivity index (χ3v) is 4.84. The molecule has 96 valence electrons. The molecule has 1 aromatic heterocycles. The highest BCUT2D eigenvalue weighted by Gasteiger charge is 2.15. The van der Waals surface area contributed by atoms with Gasteiger partial charge in [-0.3, -0.25) is 0 Å². The zero-order valence-electron chi connectivity index (χ0n) is 10.7. The smallest absolute Gasteiger partial charge is 0.134 e. The SMILES string of the molecule is Cc1oc2ccccc2c1CNC1CCCSC1. The van der Waals surface area contributed by atoms with E-state index in [0.717, 1.165) is 17.9 Å². The van der Waals surface area contributed by atoms with Crippen molar-refractivity contribution in [2.24, 2.45) is 0 Å². The van der Waals surface area contributed by atoms with Crippen LogP contribution in [0, 0.1) is 6.92 Å². The molecule has 1 unspecified atom stereocenters. The molecule has 1 aliphatic heterocycles. The van der Waals surface area contributed by atoms with Crippen LogP contribution in [0.5, 0.6) is 0 Å². The van der Waals surface area contributed by atoms with E-state index in [1.165, 1.54) is 35.3 Å². The average Bonchev–Trinajstić information content (AvgIpc) is 2.73. The van der Waals surface area contributed by atoms with Gasteiger partial charge in [0.1, 0.15) is 11.3 Å². The number of furan rings is 1. The Bertz CT molecular complexity index is 528. The van der Waals surface area contributed by atoms with Crippen LogP contribution in [0.3, 0.4) is 0 Å². The van der Waals surface area contributed by atoms with Crippen molar-refractivity contribution in [3.8, 4) is 0 Å². The van der Waals surface area contributed by atoms with Crippen LogP contribution in [0.4, 0.5) is 0 Å². The number of benzene rings is 1. The van der Waals surface area contributed by atoms with Gasteiger partial charge in [0, 0.05) is 29.3 Å². The highest BCUT2D eigenvalue weighted by Crippen LogP contribution is 2.25. The summed E-state index contributed by atoms with van der Waals surface area (Å²) >= 11 is 2.06. The Balaban J connectivity index is 1.75. The monoisotopic (exact) mass is 261 g/mol. The summed E-state index contributed by atoms with van der Waals surface area (Å²) in [5, 5.41) is 4.93. The Kier molecular flexibility index (Phi) is 3.62. The second kappa shape index (κ2) is 5.37. The molecule has 1 aromatic carbocycles. The first kappa shape index (κ1) is 12.1. The Labute approximate surface area is 112 Å². The zero-order chi connectivity index (χ0) is 12.4. The van der Waals surface area contributed by atoms with Crippen LogP contribution in [0.2, 0.25) is 0 Å². The number of thioether (sulfide) groups is 1. The molecule has 2 aromatic rings. The van der Waals surface area contributed by atoms with Gasteiger partial charge in [0.2, 0.25) is 0 Å². The van der Waals surface area contributed by atoms with E-state index in [2.05, 4.69) is 36.1 Å². The number of rotatable bonds is 3. The van der Waals surface area contributed by atoms with Crippen LogP contribution in [0.15, 0.2) is 28.7 Å². The summed E-state index contributed by atoms with van der Waals surface area (Å²) in [6.07, 6.45) is 2.65. The molecule has 2 nitrogen and oxygen atoms in total. The molecule has 0 aliphatic carbocycles. The van der Waals surface area contributed by atoms with Crippen molar-refractivity contribution in [1.82, 2.24) is 5.32 Å². The summed E-state index contributed by atoms with van der Waals surface area (Å²) in [5.74, 6) is 3.62. The predicted octanol–water partition coefficient (Wildman–Crippen LogP) is 3.73. The van der Waals surface area contributed by atoms with Gasteiger partial charge >= 0.3 is 0 Å². The van der Waals surface area contributed by atoms with Crippen LogP contribution in [0.1, 0.15) is 24.2 Å². The van der Waals surface area contributed by atoms with Gasteiger partial charge in [-0.15, -0.1) is 0 Å². The van der Waals surface area contributed by atoms with Gasteiger partial charge in [0.25, 0.3) is 0 Å². The van der Waals surface area contributed by atoms with Crippen LogP contribution in [-0.4, -0.2) is 17.5 Å². The van der Waals surface area contributed by atoms with Crippen molar-refractivity contribution in [2.75, 3.05) is 11.5 Å². The highest BCUT2D eigenvalue weighted by molar-refractivity contribution is 7.99.